The van der Waals surface area contributed by atoms with Crippen molar-refractivity contribution < 1.29 is 14.3 Å². The van der Waals surface area contributed by atoms with Crippen LogP contribution in [0, 0.1) is 5.92 Å². The summed E-state index contributed by atoms with van der Waals surface area (Å²) in [7, 11) is 0. The number of hydrogen-bond donors (Lipinski definition) is 1. The fraction of sp³-hybridized carbons (Fsp3) is 0.417. The molecule has 2 aliphatic rings. The van der Waals surface area contributed by atoms with E-state index in [0.717, 1.165) is 41.3 Å². The first-order chi connectivity index (χ1) is 14.7. The molecule has 0 aliphatic carbocycles. The molecule has 4 rings (SSSR count). The van der Waals surface area contributed by atoms with Crippen molar-refractivity contribution in [1.82, 2.24) is 4.90 Å². The summed E-state index contributed by atoms with van der Waals surface area (Å²) in [6, 6.07) is 17.4. The molecule has 2 fully saturated rings. The van der Waals surface area contributed by atoms with Crippen molar-refractivity contribution in [3.05, 3.63) is 60.2 Å². The third-order valence-electron chi connectivity index (χ3n) is 5.76. The normalized spacial score (nSPS) is 19.6. The molecule has 6 heteroatoms. The van der Waals surface area contributed by atoms with Gasteiger partial charge in [0.2, 0.25) is 5.91 Å². The second-order valence-corrected chi connectivity index (χ2v) is 8.93. The highest BCUT2D eigenvalue weighted by atomic mass is 32.2. The standard InChI is InChI=1S/C24H28N2O3S/c27-23(25-19-7-2-1-3-8-19)18-12-14-26(15-13-18)24(28)21-10-4-5-11-22(21)30-17-20-9-6-16-29-20/h1-5,7-8,10-11,18,20H,6,9,12-17H2,(H,25,27). The molecule has 2 aromatic carbocycles. The van der Waals surface area contributed by atoms with Gasteiger partial charge >= 0.3 is 0 Å². The quantitative estimate of drug-likeness (QED) is 0.696. The van der Waals surface area contributed by atoms with Crippen molar-refractivity contribution in [3.8, 4) is 0 Å². The van der Waals surface area contributed by atoms with E-state index in [1.54, 1.807) is 11.8 Å². The maximum absolute atomic E-state index is 13.2. The summed E-state index contributed by atoms with van der Waals surface area (Å²) in [5.74, 6) is 0.929. The van der Waals surface area contributed by atoms with E-state index in [9.17, 15) is 9.59 Å². The third kappa shape index (κ3) is 5.24. The molecule has 2 amide bonds. The van der Waals surface area contributed by atoms with Crippen LogP contribution in [0.5, 0.6) is 0 Å². The SMILES string of the molecule is O=C(Nc1ccccc1)C1CCN(C(=O)c2ccccc2SCC2CCCO2)CC1. The Morgan fingerprint density at radius 2 is 1.73 bits per heavy atom. The third-order valence-corrected chi connectivity index (χ3v) is 6.97. The lowest BCUT2D eigenvalue weighted by Crippen LogP contribution is -2.41. The van der Waals surface area contributed by atoms with Gasteiger partial charge in [-0.25, -0.2) is 0 Å². The van der Waals surface area contributed by atoms with Crippen LogP contribution in [0.1, 0.15) is 36.0 Å². The number of benzene rings is 2. The van der Waals surface area contributed by atoms with Gasteiger partial charge in [0.15, 0.2) is 0 Å². The van der Waals surface area contributed by atoms with Gasteiger partial charge in [-0.2, -0.15) is 0 Å². The molecule has 0 radical (unpaired) electrons. The van der Waals surface area contributed by atoms with Crippen LogP contribution in [-0.2, 0) is 9.53 Å². The number of piperidine rings is 1. The molecule has 0 saturated carbocycles. The van der Waals surface area contributed by atoms with Gasteiger partial charge in [-0.05, 0) is 49.9 Å². The Morgan fingerprint density at radius 1 is 1.00 bits per heavy atom. The van der Waals surface area contributed by atoms with Crippen LogP contribution < -0.4 is 5.32 Å². The summed E-state index contributed by atoms with van der Waals surface area (Å²) >= 11 is 1.71. The van der Waals surface area contributed by atoms with E-state index in [2.05, 4.69) is 5.32 Å². The Hall–Kier alpha value is -2.31. The average molecular weight is 425 g/mol. The second-order valence-electron chi connectivity index (χ2n) is 7.86. The Morgan fingerprint density at radius 3 is 2.47 bits per heavy atom. The summed E-state index contributed by atoms with van der Waals surface area (Å²) in [5, 5.41) is 2.98. The highest BCUT2D eigenvalue weighted by Crippen LogP contribution is 2.29. The van der Waals surface area contributed by atoms with Crippen molar-refractivity contribution in [2.24, 2.45) is 5.92 Å². The van der Waals surface area contributed by atoms with Crippen molar-refractivity contribution in [3.63, 3.8) is 0 Å². The zero-order valence-corrected chi connectivity index (χ0v) is 17.9. The number of carbonyl (C=O) groups is 2. The van der Waals surface area contributed by atoms with Crippen molar-refractivity contribution in [2.45, 2.75) is 36.7 Å². The smallest absolute Gasteiger partial charge is 0.254 e. The van der Waals surface area contributed by atoms with Gasteiger partial charge < -0.3 is 15.0 Å². The topological polar surface area (TPSA) is 58.6 Å². The fourth-order valence-electron chi connectivity index (χ4n) is 4.01. The van der Waals surface area contributed by atoms with E-state index >= 15 is 0 Å². The monoisotopic (exact) mass is 424 g/mol. The van der Waals surface area contributed by atoms with Gasteiger partial charge in [-0.3, -0.25) is 9.59 Å². The number of carbonyl (C=O) groups excluding carboxylic acids is 2. The number of para-hydroxylation sites is 1. The van der Waals surface area contributed by atoms with Crippen molar-refractivity contribution >= 4 is 29.3 Å². The molecule has 1 atom stereocenters. The van der Waals surface area contributed by atoms with Gasteiger partial charge in [0.05, 0.1) is 11.7 Å². The van der Waals surface area contributed by atoms with E-state index in [1.807, 2.05) is 59.5 Å². The molecule has 2 aliphatic heterocycles. The summed E-state index contributed by atoms with van der Waals surface area (Å²) in [4.78, 5) is 28.6. The molecule has 2 saturated heterocycles. The highest BCUT2D eigenvalue weighted by molar-refractivity contribution is 7.99. The summed E-state index contributed by atoms with van der Waals surface area (Å²) in [6.45, 7) is 2.06. The van der Waals surface area contributed by atoms with Crippen molar-refractivity contribution in [1.29, 1.82) is 0 Å². The van der Waals surface area contributed by atoms with Crippen LogP contribution >= 0.6 is 11.8 Å². The first-order valence-electron chi connectivity index (χ1n) is 10.7. The molecule has 0 aromatic heterocycles. The maximum atomic E-state index is 13.2. The van der Waals surface area contributed by atoms with E-state index < -0.39 is 0 Å². The molecule has 2 heterocycles. The number of nitrogens with zero attached hydrogens (tertiary/aromatic N) is 1. The summed E-state index contributed by atoms with van der Waals surface area (Å²) < 4.78 is 5.71. The average Bonchev–Trinajstić information content (AvgIpc) is 3.32. The zero-order valence-electron chi connectivity index (χ0n) is 17.1. The van der Waals surface area contributed by atoms with Gasteiger partial charge in [-0.15, -0.1) is 11.8 Å². The predicted molar refractivity (Wildman–Crippen MR) is 120 cm³/mol. The Bertz CT molecular complexity index is 860. The Labute approximate surface area is 182 Å². The van der Waals surface area contributed by atoms with Crippen LogP contribution in [-0.4, -0.2) is 48.3 Å². The molecule has 158 valence electrons. The van der Waals surface area contributed by atoms with Gasteiger partial charge in [0, 0.05) is 42.0 Å². The number of rotatable bonds is 6. The number of thioether (sulfide) groups is 1. The molecule has 1 N–H and O–H groups in total. The number of ether oxygens (including phenoxy) is 1. The van der Waals surface area contributed by atoms with E-state index in [4.69, 9.17) is 4.74 Å². The summed E-state index contributed by atoms with van der Waals surface area (Å²) in [6.07, 6.45) is 3.89. The number of hydrogen-bond acceptors (Lipinski definition) is 4. The molecule has 1 unspecified atom stereocenters. The van der Waals surface area contributed by atoms with E-state index in [-0.39, 0.29) is 23.8 Å². The lowest BCUT2D eigenvalue weighted by atomic mass is 9.95. The first kappa shape index (κ1) is 20.9. The molecule has 30 heavy (non-hydrogen) atoms. The van der Waals surface area contributed by atoms with E-state index in [1.165, 1.54) is 0 Å². The van der Waals surface area contributed by atoms with Gasteiger partial charge in [-0.1, -0.05) is 30.3 Å². The predicted octanol–water partition coefficient (Wildman–Crippen LogP) is 4.45. The molecule has 0 bridgehead atoms. The number of likely N-dealkylation sites (tertiary alicyclic amines) is 1. The maximum Gasteiger partial charge on any atom is 0.254 e. The number of amides is 2. The van der Waals surface area contributed by atoms with Crippen LogP contribution in [0.2, 0.25) is 0 Å². The lowest BCUT2D eigenvalue weighted by Gasteiger charge is -2.31. The molecule has 5 nitrogen and oxygen atoms in total. The zero-order chi connectivity index (χ0) is 20.8. The minimum absolute atomic E-state index is 0.0424. The van der Waals surface area contributed by atoms with Crippen LogP contribution in [0.15, 0.2) is 59.5 Å². The van der Waals surface area contributed by atoms with E-state index in [0.29, 0.717) is 25.9 Å². The Kier molecular flexibility index (Phi) is 7.07. The Balaban J connectivity index is 1.32. The second kappa shape index (κ2) is 10.1. The molecule has 0 spiro atoms. The lowest BCUT2D eigenvalue weighted by molar-refractivity contribution is -0.121. The van der Waals surface area contributed by atoms with Crippen molar-refractivity contribution in [2.75, 3.05) is 30.8 Å². The minimum Gasteiger partial charge on any atom is -0.377 e. The van der Waals surface area contributed by atoms with Crippen LogP contribution in [0.25, 0.3) is 0 Å². The largest absolute Gasteiger partial charge is 0.377 e. The first-order valence-corrected chi connectivity index (χ1v) is 11.7. The van der Waals surface area contributed by atoms with Crippen LogP contribution in [0.3, 0.4) is 0 Å². The highest BCUT2D eigenvalue weighted by Gasteiger charge is 2.29. The van der Waals surface area contributed by atoms with Crippen LogP contribution in [0.4, 0.5) is 5.69 Å². The molecular weight excluding hydrogens is 396 g/mol. The molecule has 2 aromatic rings. The molecular formula is C24H28N2O3S. The summed E-state index contributed by atoms with van der Waals surface area (Å²) in [5.41, 5.74) is 1.57. The van der Waals surface area contributed by atoms with Gasteiger partial charge in [0.25, 0.3) is 5.91 Å². The van der Waals surface area contributed by atoms with Gasteiger partial charge in [0.1, 0.15) is 0 Å². The number of anilines is 1. The number of nitrogens with one attached hydrogen (secondary N) is 1. The minimum atomic E-state index is -0.0570. The fourth-order valence-corrected chi connectivity index (χ4v) is 5.12.